The Morgan fingerprint density at radius 3 is 2.89 bits per heavy atom. The Morgan fingerprint density at radius 1 is 1.61 bits per heavy atom. The van der Waals surface area contributed by atoms with Crippen molar-refractivity contribution < 1.29 is 14.3 Å². The standard InChI is InChI=1S/C11H19N3O3S/c1-12-11-14(2)10(16)8(18-11)7-9(15)13-5-4-6-17-3/h8H,4-7H2,1-3H3,(H,13,15)/t8-/m0/s1. The highest BCUT2D eigenvalue weighted by Crippen LogP contribution is 2.27. The van der Waals surface area contributed by atoms with Crippen LogP contribution in [0.3, 0.4) is 0 Å². The fourth-order valence-electron chi connectivity index (χ4n) is 1.58. The number of nitrogens with zero attached hydrogens (tertiary/aromatic N) is 2. The first-order valence-corrected chi connectivity index (χ1v) is 6.64. The Kier molecular flexibility index (Phi) is 6.14. The van der Waals surface area contributed by atoms with E-state index >= 15 is 0 Å². The van der Waals surface area contributed by atoms with Crippen molar-refractivity contribution in [3.8, 4) is 0 Å². The van der Waals surface area contributed by atoms with Gasteiger partial charge >= 0.3 is 0 Å². The van der Waals surface area contributed by atoms with Gasteiger partial charge in [0.05, 0.1) is 0 Å². The first-order chi connectivity index (χ1) is 8.60. The van der Waals surface area contributed by atoms with Crippen molar-refractivity contribution in [1.82, 2.24) is 10.2 Å². The largest absolute Gasteiger partial charge is 0.385 e. The molecule has 2 amide bonds. The van der Waals surface area contributed by atoms with Gasteiger partial charge < -0.3 is 10.1 Å². The molecule has 6 nitrogen and oxygen atoms in total. The highest BCUT2D eigenvalue weighted by atomic mass is 32.2. The second-order valence-corrected chi connectivity index (χ2v) is 5.08. The van der Waals surface area contributed by atoms with Crippen LogP contribution in [0.2, 0.25) is 0 Å². The van der Waals surface area contributed by atoms with E-state index in [0.717, 1.165) is 6.42 Å². The van der Waals surface area contributed by atoms with Gasteiger partial charge in [0, 0.05) is 40.8 Å². The van der Waals surface area contributed by atoms with Gasteiger partial charge in [-0.05, 0) is 6.42 Å². The first-order valence-electron chi connectivity index (χ1n) is 5.76. The number of aliphatic imine (C=N–C) groups is 1. The molecule has 0 radical (unpaired) electrons. The van der Waals surface area contributed by atoms with Gasteiger partial charge in [-0.15, -0.1) is 0 Å². The fraction of sp³-hybridized carbons (Fsp3) is 0.727. The molecule has 0 aromatic heterocycles. The normalized spacial score (nSPS) is 21.7. The maximum absolute atomic E-state index is 11.8. The predicted octanol–water partition coefficient (Wildman–Crippen LogP) is 0.0888. The molecule has 1 fully saturated rings. The monoisotopic (exact) mass is 273 g/mol. The van der Waals surface area contributed by atoms with Crippen LogP contribution < -0.4 is 5.32 Å². The second-order valence-electron chi connectivity index (χ2n) is 3.91. The van der Waals surface area contributed by atoms with Crippen LogP contribution in [0.15, 0.2) is 4.99 Å². The summed E-state index contributed by atoms with van der Waals surface area (Å²) in [7, 11) is 4.94. The number of hydrogen-bond acceptors (Lipinski definition) is 5. The number of rotatable bonds is 6. The maximum Gasteiger partial charge on any atom is 0.242 e. The Labute approximate surface area is 111 Å². The number of ether oxygens (including phenoxy) is 1. The van der Waals surface area contributed by atoms with E-state index in [-0.39, 0.29) is 23.5 Å². The van der Waals surface area contributed by atoms with Crippen LogP contribution in [-0.2, 0) is 14.3 Å². The number of methoxy groups -OCH3 is 1. The Balaban J connectivity index is 2.35. The molecule has 1 rings (SSSR count). The van der Waals surface area contributed by atoms with Crippen molar-refractivity contribution in [2.24, 2.45) is 4.99 Å². The molecule has 0 unspecified atom stereocenters. The number of thioether (sulfide) groups is 1. The summed E-state index contributed by atoms with van der Waals surface area (Å²) in [5.74, 6) is -0.171. The molecule has 1 atom stereocenters. The lowest BCUT2D eigenvalue weighted by Gasteiger charge is -2.08. The van der Waals surface area contributed by atoms with Crippen molar-refractivity contribution in [3.63, 3.8) is 0 Å². The van der Waals surface area contributed by atoms with Gasteiger partial charge in [-0.25, -0.2) is 0 Å². The molecule has 1 heterocycles. The van der Waals surface area contributed by atoms with Crippen molar-refractivity contribution in [1.29, 1.82) is 0 Å². The van der Waals surface area contributed by atoms with Crippen LogP contribution in [0.25, 0.3) is 0 Å². The van der Waals surface area contributed by atoms with E-state index in [0.29, 0.717) is 18.3 Å². The number of amidine groups is 1. The third-order valence-electron chi connectivity index (χ3n) is 2.55. The zero-order chi connectivity index (χ0) is 13.5. The van der Waals surface area contributed by atoms with E-state index < -0.39 is 0 Å². The summed E-state index contributed by atoms with van der Waals surface area (Å²) in [6, 6.07) is 0. The molecule has 1 aliphatic heterocycles. The molecule has 0 spiro atoms. The molecule has 0 aromatic carbocycles. The SMILES string of the molecule is CN=C1S[C@@H](CC(=O)NCCCOC)C(=O)N1C. The lowest BCUT2D eigenvalue weighted by Crippen LogP contribution is -2.33. The van der Waals surface area contributed by atoms with Crippen molar-refractivity contribution in [2.45, 2.75) is 18.1 Å². The smallest absolute Gasteiger partial charge is 0.242 e. The summed E-state index contributed by atoms with van der Waals surface area (Å²) in [5, 5.41) is 3.08. The van der Waals surface area contributed by atoms with Crippen LogP contribution in [0.5, 0.6) is 0 Å². The lowest BCUT2D eigenvalue weighted by molar-refractivity contribution is -0.128. The number of carbonyl (C=O) groups excluding carboxylic acids is 2. The lowest BCUT2D eigenvalue weighted by atomic mass is 10.2. The quantitative estimate of drug-likeness (QED) is 0.696. The zero-order valence-corrected chi connectivity index (χ0v) is 11.7. The molecule has 102 valence electrons. The molecular formula is C11H19N3O3S. The molecule has 1 N–H and O–H groups in total. The summed E-state index contributed by atoms with van der Waals surface area (Å²) < 4.78 is 4.88. The highest BCUT2D eigenvalue weighted by Gasteiger charge is 2.36. The summed E-state index contributed by atoms with van der Waals surface area (Å²) >= 11 is 1.34. The molecule has 1 aliphatic rings. The molecule has 0 bridgehead atoms. The molecular weight excluding hydrogens is 254 g/mol. The van der Waals surface area contributed by atoms with E-state index in [2.05, 4.69) is 10.3 Å². The summed E-state index contributed by atoms with van der Waals surface area (Å²) in [4.78, 5) is 28.9. The molecule has 7 heteroatoms. The van der Waals surface area contributed by atoms with Crippen LogP contribution >= 0.6 is 11.8 Å². The minimum atomic E-state index is -0.351. The molecule has 18 heavy (non-hydrogen) atoms. The van der Waals surface area contributed by atoms with Gasteiger partial charge in [0.1, 0.15) is 5.25 Å². The summed E-state index contributed by atoms with van der Waals surface area (Å²) in [6.45, 7) is 1.19. The third-order valence-corrected chi connectivity index (χ3v) is 3.87. The van der Waals surface area contributed by atoms with Crippen LogP contribution in [0.4, 0.5) is 0 Å². The fourth-order valence-corrected chi connectivity index (χ4v) is 2.69. The van der Waals surface area contributed by atoms with Crippen molar-refractivity contribution in [2.75, 3.05) is 34.4 Å². The molecule has 0 aromatic rings. The van der Waals surface area contributed by atoms with Crippen LogP contribution in [-0.4, -0.2) is 61.5 Å². The van der Waals surface area contributed by atoms with Crippen LogP contribution in [0.1, 0.15) is 12.8 Å². The van der Waals surface area contributed by atoms with Gasteiger partial charge in [0.15, 0.2) is 5.17 Å². The number of hydrogen-bond donors (Lipinski definition) is 1. The van der Waals surface area contributed by atoms with Crippen LogP contribution in [0, 0.1) is 0 Å². The van der Waals surface area contributed by atoms with E-state index in [1.807, 2.05) is 0 Å². The molecule has 0 aliphatic carbocycles. The van der Waals surface area contributed by atoms with Crippen molar-refractivity contribution >= 4 is 28.7 Å². The van der Waals surface area contributed by atoms with E-state index in [4.69, 9.17) is 4.74 Å². The van der Waals surface area contributed by atoms with Gasteiger partial charge in [-0.2, -0.15) is 0 Å². The van der Waals surface area contributed by atoms with E-state index in [1.54, 1.807) is 21.2 Å². The third kappa shape index (κ3) is 3.99. The Bertz CT molecular complexity index is 346. The number of carbonyl (C=O) groups is 2. The van der Waals surface area contributed by atoms with Gasteiger partial charge in [0.2, 0.25) is 11.8 Å². The van der Waals surface area contributed by atoms with Gasteiger partial charge in [-0.1, -0.05) is 11.8 Å². The molecule has 0 saturated carbocycles. The average molecular weight is 273 g/mol. The van der Waals surface area contributed by atoms with Gasteiger partial charge in [0.25, 0.3) is 0 Å². The summed E-state index contributed by atoms with van der Waals surface area (Å²) in [5.41, 5.74) is 0. The zero-order valence-electron chi connectivity index (χ0n) is 10.9. The highest BCUT2D eigenvalue weighted by molar-refractivity contribution is 8.15. The van der Waals surface area contributed by atoms with Gasteiger partial charge in [-0.3, -0.25) is 19.5 Å². The Hall–Kier alpha value is -1.08. The number of nitrogens with one attached hydrogen (secondary N) is 1. The average Bonchev–Trinajstić information content (AvgIpc) is 2.62. The minimum absolute atomic E-state index is 0.0624. The molecule has 1 saturated heterocycles. The van der Waals surface area contributed by atoms with E-state index in [1.165, 1.54) is 16.7 Å². The minimum Gasteiger partial charge on any atom is -0.385 e. The predicted molar refractivity (Wildman–Crippen MR) is 71.6 cm³/mol. The second kappa shape index (κ2) is 7.38. The Morgan fingerprint density at radius 2 is 2.33 bits per heavy atom. The van der Waals surface area contributed by atoms with Crippen molar-refractivity contribution in [3.05, 3.63) is 0 Å². The summed E-state index contributed by atoms with van der Waals surface area (Å²) in [6.07, 6.45) is 0.968. The first kappa shape index (κ1) is 15.0. The number of amides is 2. The maximum atomic E-state index is 11.8. The topological polar surface area (TPSA) is 71.0 Å². The van der Waals surface area contributed by atoms with E-state index in [9.17, 15) is 9.59 Å².